The zero-order valence-corrected chi connectivity index (χ0v) is 19.0. The largest absolute Gasteiger partial charge is 0.424 e. The molecule has 2 aromatic carbocycles. The lowest BCUT2D eigenvalue weighted by Gasteiger charge is -2.32. The maximum Gasteiger partial charge on any atom is 0.292 e. The van der Waals surface area contributed by atoms with Crippen molar-refractivity contribution in [3.05, 3.63) is 66.4 Å². The predicted molar refractivity (Wildman–Crippen MR) is 128 cm³/mol. The van der Waals surface area contributed by atoms with Gasteiger partial charge in [0, 0.05) is 25.3 Å². The van der Waals surface area contributed by atoms with E-state index in [9.17, 15) is 8.42 Å². The Morgan fingerprint density at radius 2 is 1.76 bits per heavy atom. The summed E-state index contributed by atoms with van der Waals surface area (Å²) < 4.78 is 33.2. The lowest BCUT2D eigenvalue weighted by Crippen LogP contribution is -2.42. The first-order valence-corrected chi connectivity index (χ1v) is 12.3. The molecule has 1 saturated heterocycles. The number of aromatic nitrogens is 2. The Morgan fingerprint density at radius 1 is 1.03 bits per heavy atom. The lowest BCUT2D eigenvalue weighted by atomic mass is 10.1. The molecule has 0 saturated carbocycles. The van der Waals surface area contributed by atoms with Crippen LogP contribution in [0.3, 0.4) is 0 Å². The minimum Gasteiger partial charge on any atom is -0.424 e. The van der Waals surface area contributed by atoms with Crippen molar-refractivity contribution in [1.82, 2.24) is 14.3 Å². The summed E-state index contributed by atoms with van der Waals surface area (Å²) in [7, 11) is -3.55. The Bertz CT molecular complexity index is 1370. The van der Waals surface area contributed by atoms with Gasteiger partial charge >= 0.3 is 0 Å². The number of pyridine rings is 1. The molecule has 0 atom stereocenters. The van der Waals surface area contributed by atoms with Gasteiger partial charge in [0.2, 0.25) is 10.0 Å². The summed E-state index contributed by atoms with van der Waals surface area (Å²) in [6.45, 7) is 2.94. The van der Waals surface area contributed by atoms with Crippen LogP contribution in [0, 0.1) is 6.92 Å². The molecule has 8 nitrogen and oxygen atoms in total. The normalized spacial score (nSPS) is 15.7. The summed E-state index contributed by atoms with van der Waals surface area (Å²) in [5.74, 6) is 0.823. The first-order chi connectivity index (χ1) is 15.9. The van der Waals surface area contributed by atoms with Crippen LogP contribution in [0.5, 0.6) is 0 Å². The van der Waals surface area contributed by atoms with Crippen molar-refractivity contribution in [3.63, 3.8) is 0 Å². The lowest BCUT2D eigenvalue weighted by molar-refractivity contribution is 0.329. The quantitative estimate of drug-likeness (QED) is 0.459. The number of hydrogen-bond acceptors (Lipinski definition) is 7. The first kappa shape index (κ1) is 21.4. The maximum atomic E-state index is 13.2. The Balaban J connectivity index is 1.26. The number of nitrogens with zero attached hydrogens (tertiary/aromatic N) is 3. The summed E-state index contributed by atoms with van der Waals surface area (Å²) in [6, 6.07) is 16.8. The topological polar surface area (TPSA) is 114 Å². The Kier molecular flexibility index (Phi) is 5.51. The van der Waals surface area contributed by atoms with E-state index >= 15 is 0 Å². The van der Waals surface area contributed by atoms with Gasteiger partial charge in [-0.25, -0.2) is 13.4 Å². The highest BCUT2D eigenvalue weighted by Gasteiger charge is 2.29. The van der Waals surface area contributed by atoms with E-state index in [1.807, 2.05) is 55.6 Å². The molecule has 0 unspecified atom stereocenters. The molecule has 4 aromatic rings. The number of oxazole rings is 1. The van der Waals surface area contributed by atoms with E-state index in [0.717, 1.165) is 35.3 Å². The summed E-state index contributed by atoms with van der Waals surface area (Å²) in [4.78, 5) is 8.83. The molecule has 0 spiro atoms. The van der Waals surface area contributed by atoms with Gasteiger partial charge in [0.05, 0.1) is 4.90 Å². The third-order valence-corrected chi connectivity index (χ3v) is 7.86. The SMILES string of the molecule is Cc1ccc(NC2CCN(S(=O)(=O)c3ccc(-c4ccc5oc(N)nc5c4)cc3)CC2)nc1. The number of anilines is 2. The Morgan fingerprint density at radius 3 is 2.45 bits per heavy atom. The van der Waals surface area contributed by atoms with Gasteiger partial charge in [0.25, 0.3) is 6.01 Å². The van der Waals surface area contributed by atoms with Crippen LogP contribution < -0.4 is 11.1 Å². The first-order valence-electron chi connectivity index (χ1n) is 10.8. The van der Waals surface area contributed by atoms with Crippen LogP contribution in [0.2, 0.25) is 0 Å². The fourth-order valence-electron chi connectivity index (χ4n) is 4.10. The van der Waals surface area contributed by atoms with Crippen molar-refractivity contribution < 1.29 is 12.8 Å². The Labute approximate surface area is 192 Å². The van der Waals surface area contributed by atoms with E-state index < -0.39 is 10.0 Å². The number of nitrogens with two attached hydrogens (primary N) is 1. The average molecular weight is 464 g/mol. The molecule has 1 fully saturated rings. The number of sulfonamides is 1. The van der Waals surface area contributed by atoms with Crippen LogP contribution in [-0.4, -0.2) is 41.8 Å². The van der Waals surface area contributed by atoms with E-state index in [-0.39, 0.29) is 12.1 Å². The number of aryl methyl sites for hydroxylation is 1. The highest BCUT2D eigenvalue weighted by molar-refractivity contribution is 7.89. The van der Waals surface area contributed by atoms with Crippen LogP contribution in [0.25, 0.3) is 22.2 Å². The second-order valence-corrected chi connectivity index (χ2v) is 10.2. The van der Waals surface area contributed by atoms with Crippen LogP contribution >= 0.6 is 0 Å². The van der Waals surface area contributed by atoms with Crippen LogP contribution in [0.15, 0.2) is 70.1 Å². The maximum absolute atomic E-state index is 13.2. The molecule has 2 aromatic heterocycles. The summed E-state index contributed by atoms with van der Waals surface area (Å²) in [6.07, 6.45) is 3.28. The number of nitrogen functional groups attached to an aromatic ring is 1. The third-order valence-electron chi connectivity index (χ3n) is 5.95. The van der Waals surface area contributed by atoms with E-state index in [1.165, 1.54) is 0 Å². The molecule has 0 amide bonds. The van der Waals surface area contributed by atoms with Crippen molar-refractivity contribution in [2.45, 2.75) is 30.7 Å². The van der Waals surface area contributed by atoms with Crippen molar-refractivity contribution in [1.29, 1.82) is 0 Å². The molecule has 0 radical (unpaired) electrons. The molecule has 3 heterocycles. The second kappa shape index (κ2) is 8.49. The van der Waals surface area contributed by atoms with Crippen LogP contribution in [-0.2, 0) is 10.0 Å². The summed E-state index contributed by atoms with van der Waals surface area (Å²) >= 11 is 0. The van der Waals surface area contributed by atoms with Gasteiger partial charge in [-0.05, 0) is 66.8 Å². The molecule has 170 valence electrons. The summed E-state index contributed by atoms with van der Waals surface area (Å²) in [5, 5.41) is 3.41. The summed E-state index contributed by atoms with van der Waals surface area (Å²) in [5.41, 5.74) is 9.81. The zero-order valence-electron chi connectivity index (χ0n) is 18.2. The van der Waals surface area contributed by atoms with Gasteiger partial charge in [-0.2, -0.15) is 9.29 Å². The van der Waals surface area contributed by atoms with Crippen LogP contribution in [0.4, 0.5) is 11.8 Å². The molecular formula is C24H25N5O3S. The van der Waals surface area contributed by atoms with Gasteiger partial charge in [0.1, 0.15) is 11.3 Å². The minimum absolute atomic E-state index is 0.123. The average Bonchev–Trinajstić information content (AvgIpc) is 3.20. The highest BCUT2D eigenvalue weighted by Crippen LogP contribution is 2.28. The van der Waals surface area contributed by atoms with E-state index in [2.05, 4.69) is 15.3 Å². The Hall–Kier alpha value is -3.43. The fraction of sp³-hybridized carbons (Fsp3) is 0.250. The molecule has 5 rings (SSSR count). The van der Waals surface area contributed by atoms with Crippen molar-refractivity contribution in [3.8, 4) is 11.1 Å². The molecule has 0 aliphatic carbocycles. The number of nitrogens with one attached hydrogen (secondary N) is 1. The fourth-order valence-corrected chi connectivity index (χ4v) is 5.57. The molecule has 33 heavy (non-hydrogen) atoms. The standard InChI is InChI=1S/C24H25N5O3S/c1-16-2-9-23(26-15-16)27-19-10-12-29(13-11-19)33(30,31)20-6-3-17(4-7-20)18-5-8-22-21(14-18)28-24(25)32-22/h2-9,14-15,19H,10-13H2,1H3,(H2,25,28)(H,26,27). The van der Waals surface area contributed by atoms with Gasteiger partial charge in [-0.3, -0.25) is 0 Å². The van der Waals surface area contributed by atoms with Gasteiger partial charge in [-0.15, -0.1) is 0 Å². The number of fused-ring (bicyclic) bond motifs is 1. The molecule has 3 N–H and O–H groups in total. The van der Waals surface area contributed by atoms with Crippen molar-refractivity contribution in [2.24, 2.45) is 0 Å². The van der Waals surface area contributed by atoms with E-state index in [1.54, 1.807) is 16.4 Å². The number of benzene rings is 2. The zero-order chi connectivity index (χ0) is 23.0. The molecule has 1 aliphatic heterocycles. The molecular weight excluding hydrogens is 438 g/mol. The monoisotopic (exact) mass is 463 g/mol. The number of piperidine rings is 1. The third kappa shape index (κ3) is 4.42. The molecule has 0 bridgehead atoms. The van der Waals surface area contributed by atoms with Gasteiger partial charge in [-0.1, -0.05) is 24.3 Å². The molecule has 1 aliphatic rings. The molecule has 9 heteroatoms. The van der Waals surface area contributed by atoms with Crippen molar-refractivity contribution >= 4 is 33.0 Å². The van der Waals surface area contributed by atoms with E-state index in [4.69, 9.17) is 10.2 Å². The predicted octanol–water partition coefficient (Wildman–Crippen LogP) is 4.05. The van der Waals surface area contributed by atoms with Gasteiger partial charge in [0.15, 0.2) is 5.58 Å². The number of hydrogen-bond donors (Lipinski definition) is 2. The van der Waals surface area contributed by atoms with Crippen LogP contribution in [0.1, 0.15) is 18.4 Å². The smallest absolute Gasteiger partial charge is 0.292 e. The minimum atomic E-state index is -3.55. The van der Waals surface area contributed by atoms with Crippen molar-refractivity contribution in [2.75, 3.05) is 24.1 Å². The van der Waals surface area contributed by atoms with E-state index in [0.29, 0.717) is 29.1 Å². The highest BCUT2D eigenvalue weighted by atomic mass is 32.2. The van der Waals surface area contributed by atoms with Gasteiger partial charge < -0.3 is 15.5 Å². The second-order valence-electron chi connectivity index (χ2n) is 8.30. The number of rotatable bonds is 5.